The molecule has 0 aromatic rings. The second-order valence-electron chi connectivity index (χ2n) is 19.3. The van der Waals surface area contributed by atoms with Crippen LogP contribution in [0.2, 0.25) is 0 Å². The van der Waals surface area contributed by atoms with Crippen molar-refractivity contribution in [3.05, 3.63) is 0 Å². The van der Waals surface area contributed by atoms with Crippen LogP contribution in [0.3, 0.4) is 0 Å². The predicted molar refractivity (Wildman–Crippen MR) is 203 cm³/mol. The predicted octanol–water partition coefficient (Wildman–Crippen LogP) is 10.8. The number of likely N-dealkylation sites (tertiary alicyclic amines) is 3. The average molecular weight is 652 g/mol. The first-order valence-corrected chi connectivity index (χ1v) is 22.0. The van der Waals surface area contributed by atoms with Gasteiger partial charge in [-0.1, -0.05) is 99.3 Å². The third kappa shape index (κ3) is 9.22. The van der Waals surface area contributed by atoms with Gasteiger partial charge in [-0.25, -0.2) is 0 Å². The minimum atomic E-state index is 0.851. The van der Waals surface area contributed by atoms with Gasteiger partial charge in [0.15, 0.2) is 0 Å². The van der Waals surface area contributed by atoms with Crippen molar-refractivity contribution in [2.45, 2.75) is 182 Å². The second-order valence-corrected chi connectivity index (χ2v) is 19.3. The van der Waals surface area contributed by atoms with Gasteiger partial charge in [-0.2, -0.15) is 0 Å². The highest BCUT2D eigenvalue weighted by atomic mass is 15.2. The Morgan fingerprint density at radius 1 is 0.489 bits per heavy atom. The highest BCUT2D eigenvalue weighted by Crippen LogP contribution is 2.44. The highest BCUT2D eigenvalue weighted by molar-refractivity contribution is 4.94. The average Bonchev–Trinajstić information content (AvgIpc) is 2.99. The largest absolute Gasteiger partial charge is 0.300 e. The van der Waals surface area contributed by atoms with Crippen LogP contribution in [0, 0.1) is 59.2 Å². The smallest absolute Gasteiger partial charge is 0.0101 e. The molecule has 0 radical (unpaired) electrons. The molecule has 3 saturated heterocycles. The molecule has 6 fully saturated rings. The van der Waals surface area contributed by atoms with Crippen molar-refractivity contribution in [3.63, 3.8) is 0 Å². The third-order valence-corrected chi connectivity index (χ3v) is 15.9. The van der Waals surface area contributed by atoms with Crippen molar-refractivity contribution in [3.8, 4) is 0 Å². The summed E-state index contributed by atoms with van der Waals surface area (Å²) in [5, 5.41) is 0. The van der Waals surface area contributed by atoms with Crippen molar-refractivity contribution in [2.75, 3.05) is 39.3 Å². The fraction of sp³-hybridized carbons (Fsp3) is 1.00. The van der Waals surface area contributed by atoms with Gasteiger partial charge in [-0.15, -0.1) is 0 Å². The topological polar surface area (TPSA) is 9.72 Å². The molecule has 3 heterocycles. The Morgan fingerprint density at radius 3 is 1.49 bits per heavy atom. The normalized spacial score (nSPS) is 39.6. The summed E-state index contributed by atoms with van der Waals surface area (Å²) in [4.78, 5) is 8.80. The van der Waals surface area contributed by atoms with Crippen LogP contribution < -0.4 is 0 Å². The number of hydrogen-bond acceptors (Lipinski definition) is 3. The first kappa shape index (κ1) is 36.7. The molecule has 0 spiro atoms. The van der Waals surface area contributed by atoms with Crippen molar-refractivity contribution in [2.24, 2.45) is 59.2 Å². The van der Waals surface area contributed by atoms with Crippen LogP contribution in [0.25, 0.3) is 0 Å². The van der Waals surface area contributed by atoms with Gasteiger partial charge in [-0.05, 0) is 143 Å². The third-order valence-electron chi connectivity index (χ3n) is 15.9. The summed E-state index contributed by atoms with van der Waals surface area (Å²) >= 11 is 0. The molecule has 47 heavy (non-hydrogen) atoms. The quantitative estimate of drug-likeness (QED) is 0.164. The van der Waals surface area contributed by atoms with Gasteiger partial charge < -0.3 is 14.7 Å². The second kappa shape index (κ2) is 17.4. The van der Waals surface area contributed by atoms with Gasteiger partial charge in [0.1, 0.15) is 0 Å². The van der Waals surface area contributed by atoms with Crippen LogP contribution in [-0.4, -0.2) is 72.1 Å². The lowest BCUT2D eigenvalue weighted by Gasteiger charge is -2.50. The lowest BCUT2D eigenvalue weighted by atomic mass is 9.71. The zero-order chi connectivity index (χ0) is 32.9. The number of piperidine rings is 3. The Labute approximate surface area is 294 Å². The van der Waals surface area contributed by atoms with E-state index in [1.807, 2.05) is 0 Å². The standard InChI is InChI=1S/C44H81N3/c1-7-12-39-29-45(41-25-35(26-41)14-10-16-38-21-24-46(40-17-11-18-40)31-44(38)33(5)6)23-20-37(39)15-9-13-34-27-42(28-34)47-22-19-36(8-2)43(30-47)32(3)4/h32-44H,7-31H2,1-6H3/t34?,35?,36-,37-,38-,39-,41?,42?,43+,44+/m1/s1. The molecule has 0 bridgehead atoms. The summed E-state index contributed by atoms with van der Waals surface area (Å²) in [7, 11) is 0. The zero-order valence-corrected chi connectivity index (χ0v) is 32.5. The van der Waals surface area contributed by atoms with Gasteiger partial charge >= 0.3 is 0 Å². The lowest BCUT2D eigenvalue weighted by Crippen LogP contribution is -2.52. The maximum absolute atomic E-state index is 2.99. The molecule has 3 aliphatic heterocycles. The minimum Gasteiger partial charge on any atom is -0.300 e. The summed E-state index contributed by atoms with van der Waals surface area (Å²) in [6, 6.07) is 2.80. The van der Waals surface area contributed by atoms with Crippen LogP contribution in [0.15, 0.2) is 0 Å². The molecule has 0 amide bonds. The van der Waals surface area contributed by atoms with Crippen molar-refractivity contribution < 1.29 is 0 Å². The summed E-state index contributed by atoms with van der Waals surface area (Å²) in [5.41, 5.74) is 0. The summed E-state index contributed by atoms with van der Waals surface area (Å²) in [6.07, 6.45) is 28.3. The molecule has 3 nitrogen and oxygen atoms in total. The van der Waals surface area contributed by atoms with Gasteiger partial charge in [0, 0.05) is 37.8 Å². The Hall–Kier alpha value is -0.120. The van der Waals surface area contributed by atoms with Crippen molar-refractivity contribution in [1.29, 1.82) is 0 Å². The van der Waals surface area contributed by atoms with E-state index in [1.54, 1.807) is 0 Å². The van der Waals surface area contributed by atoms with Gasteiger partial charge in [0.05, 0.1) is 0 Å². The molecule has 3 heteroatoms. The van der Waals surface area contributed by atoms with Crippen LogP contribution in [0.4, 0.5) is 0 Å². The molecular weight excluding hydrogens is 571 g/mol. The monoisotopic (exact) mass is 652 g/mol. The fourth-order valence-electron chi connectivity index (χ4n) is 12.2. The zero-order valence-electron chi connectivity index (χ0n) is 32.5. The number of rotatable bonds is 16. The Morgan fingerprint density at radius 2 is 0.979 bits per heavy atom. The van der Waals surface area contributed by atoms with Crippen molar-refractivity contribution >= 4 is 0 Å². The van der Waals surface area contributed by atoms with E-state index in [2.05, 4.69) is 56.2 Å². The molecule has 3 aliphatic carbocycles. The maximum Gasteiger partial charge on any atom is 0.0101 e. The van der Waals surface area contributed by atoms with E-state index < -0.39 is 0 Å². The molecule has 272 valence electrons. The van der Waals surface area contributed by atoms with E-state index in [1.165, 1.54) is 161 Å². The van der Waals surface area contributed by atoms with E-state index in [-0.39, 0.29) is 0 Å². The van der Waals surface area contributed by atoms with Crippen LogP contribution in [-0.2, 0) is 0 Å². The Bertz CT molecular complexity index is 900. The molecular formula is C44H81N3. The van der Waals surface area contributed by atoms with E-state index in [0.29, 0.717) is 0 Å². The highest BCUT2D eigenvalue weighted by Gasteiger charge is 2.41. The molecule has 3 saturated carbocycles. The Balaban J connectivity index is 0.844. The lowest BCUT2D eigenvalue weighted by molar-refractivity contribution is 0.000670. The van der Waals surface area contributed by atoms with E-state index in [4.69, 9.17) is 0 Å². The summed E-state index contributed by atoms with van der Waals surface area (Å²) in [6.45, 7) is 23.3. The fourth-order valence-corrected chi connectivity index (χ4v) is 12.2. The summed E-state index contributed by atoms with van der Waals surface area (Å²) in [5.74, 6) is 9.65. The summed E-state index contributed by atoms with van der Waals surface area (Å²) < 4.78 is 0. The van der Waals surface area contributed by atoms with Crippen molar-refractivity contribution in [1.82, 2.24) is 14.7 Å². The molecule has 0 unspecified atom stereocenters. The molecule has 0 aromatic heterocycles. The van der Waals surface area contributed by atoms with Gasteiger partial charge in [-0.3, -0.25) is 0 Å². The van der Waals surface area contributed by atoms with Crippen LogP contribution >= 0.6 is 0 Å². The van der Waals surface area contributed by atoms with Crippen LogP contribution in [0.1, 0.15) is 164 Å². The van der Waals surface area contributed by atoms with Gasteiger partial charge in [0.2, 0.25) is 0 Å². The molecule has 0 aromatic carbocycles. The first-order chi connectivity index (χ1) is 22.8. The van der Waals surface area contributed by atoms with Crippen LogP contribution in [0.5, 0.6) is 0 Å². The molecule has 6 atom stereocenters. The Kier molecular flexibility index (Phi) is 13.6. The molecule has 6 rings (SSSR count). The van der Waals surface area contributed by atoms with E-state index in [0.717, 1.165) is 77.3 Å². The van der Waals surface area contributed by atoms with Gasteiger partial charge in [0.25, 0.3) is 0 Å². The van der Waals surface area contributed by atoms with E-state index in [9.17, 15) is 0 Å². The number of nitrogens with zero attached hydrogens (tertiary/aromatic N) is 3. The van der Waals surface area contributed by atoms with E-state index >= 15 is 0 Å². The minimum absolute atomic E-state index is 0.851. The first-order valence-electron chi connectivity index (χ1n) is 22.0. The SMILES string of the molecule is CCC[C@@H]1CN(C2CC(CCC[C@@H]3CCN(C4CCC4)C[C@H]3C(C)C)C2)CC[C@H]1CCCC1CC(N2CC[C@@H](CC)[C@H](C(C)C)C2)C1. The maximum atomic E-state index is 2.99. The number of hydrogen-bond donors (Lipinski definition) is 0. The molecule has 0 N–H and O–H groups in total. The molecule has 6 aliphatic rings.